The molecule has 0 spiro atoms. The van der Waals surface area contributed by atoms with Gasteiger partial charge in [-0.2, -0.15) is 4.98 Å². The molecule has 0 aliphatic rings. The molecule has 0 amide bonds. The highest BCUT2D eigenvalue weighted by molar-refractivity contribution is 9.10. The summed E-state index contributed by atoms with van der Waals surface area (Å²) in [6.07, 6.45) is 3.90. The average molecular weight is 287 g/mol. The molecule has 1 rings (SSSR count). The van der Waals surface area contributed by atoms with Gasteiger partial charge < -0.3 is 10.6 Å². The van der Waals surface area contributed by atoms with Gasteiger partial charge in [0, 0.05) is 18.8 Å². The minimum Gasteiger partial charge on any atom is -0.367 e. The Labute approximate surface area is 105 Å². The fourth-order valence-corrected chi connectivity index (χ4v) is 1.43. The minimum atomic E-state index is 0.408. The number of anilines is 2. The first-order valence-corrected chi connectivity index (χ1v) is 6.49. The standard InChI is InChI=1S/C11H19BrN4/c1-4-6-13-11-14-7-9(12)10(16-11)15-8(3)5-2/h7-8H,4-6H2,1-3H3,(H2,13,14,15,16). The van der Waals surface area contributed by atoms with Crippen molar-refractivity contribution in [2.24, 2.45) is 0 Å². The molecule has 2 N–H and O–H groups in total. The predicted octanol–water partition coefficient (Wildman–Crippen LogP) is 3.27. The molecule has 4 nitrogen and oxygen atoms in total. The van der Waals surface area contributed by atoms with Crippen molar-refractivity contribution in [3.05, 3.63) is 10.7 Å². The quantitative estimate of drug-likeness (QED) is 0.843. The zero-order chi connectivity index (χ0) is 12.0. The number of halogens is 1. The highest BCUT2D eigenvalue weighted by Crippen LogP contribution is 2.21. The average Bonchev–Trinajstić information content (AvgIpc) is 2.30. The van der Waals surface area contributed by atoms with Crippen molar-refractivity contribution in [2.45, 2.75) is 39.7 Å². The van der Waals surface area contributed by atoms with Crippen LogP contribution < -0.4 is 10.6 Å². The molecule has 1 atom stereocenters. The summed E-state index contributed by atoms with van der Waals surface area (Å²) in [6, 6.07) is 0.408. The number of rotatable bonds is 6. The smallest absolute Gasteiger partial charge is 0.224 e. The fourth-order valence-electron chi connectivity index (χ4n) is 1.13. The SMILES string of the molecule is CCCNc1ncc(Br)c(NC(C)CC)n1. The number of hydrogen-bond donors (Lipinski definition) is 2. The maximum atomic E-state index is 4.42. The van der Waals surface area contributed by atoms with E-state index in [1.165, 1.54) is 0 Å². The molecule has 1 aromatic rings. The van der Waals surface area contributed by atoms with Gasteiger partial charge in [-0.15, -0.1) is 0 Å². The molecular weight excluding hydrogens is 268 g/mol. The Balaban J connectivity index is 2.73. The third-order valence-electron chi connectivity index (χ3n) is 2.27. The first kappa shape index (κ1) is 13.2. The lowest BCUT2D eigenvalue weighted by Gasteiger charge is -2.14. The third-order valence-corrected chi connectivity index (χ3v) is 2.85. The molecule has 1 aromatic heterocycles. The van der Waals surface area contributed by atoms with E-state index in [-0.39, 0.29) is 0 Å². The maximum Gasteiger partial charge on any atom is 0.224 e. The Morgan fingerprint density at radius 3 is 2.81 bits per heavy atom. The summed E-state index contributed by atoms with van der Waals surface area (Å²) >= 11 is 3.44. The maximum absolute atomic E-state index is 4.42. The number of nitrogens with zero attached hydrogens (tertiary/aromatic N) is 2. The monoisotopic (exact) mass is 286 g/mol. The van der Waals surface area contributed by atoms with Gasteiger partial charge in [0.2, 0.25) is 5.95 Å². The van der Waals surface area contributed by atoms with E-state index in [1.54, 1.807) is 6.20 Å². The molecule has 0 bridgehead atoms. The van der Waals surface area contributed by atoms with Gasteiger partial charge >= 0.3 is 0 Å². The van der Waals surface area contributed by atoms with Crippen LogP contribution in [0.1, 0.15) is 33.6 Å². The van der Waals surface area contributed by atoms with Crippen molar-refractivity contribution in [3.8, 4) is 0 Å². The lowest BCUT2D eigenvalue weighted by atomic mass is 10.2. The Morgan fingerprint density at radius 2 is 2.19 bits per heavy atom. The summed E-state index contributed by atoms with van der Waals surface area (Å²) in [7, 11) is 0. The Morgan fingerprint density at radius 1 is 1.44 bits per heavy atom. The summed E-state index contributed by atoms with van der Waals surface area (Å²) in [4.78, 5) is 8.62. The van der Waals surface area contributed by atoms with E-state index in [0.717, 1.165) is 29.7 Å². The van der Waals surface area contributed by atoms with Crippen LogP contribution in [0, 0.1) is 0 Å². The number of hydrogen-bond acceptors (Lipinski definition) is 4. The van der Waals surface area contributed by atoms with Crippen LogP contribution in [0.2, 0.25) is 0 Å². The lowest BCUT2D eigenvalue weighted by molar-refractivity contribution is 0.757. The van der Waals surface area contributed by atoms with Crippen molar-refractivity contribution < 1.29 is 0 Å². The minimum absolute atomic E-state index is 0.408. The molecule has 0 saturated carbocycles. The second-order valence-corrected chi connectivity index (χ2v) is 4.62. The van der Waals surface area contributed by atoms with E-state index in [4.69, 9.17) is 0 Å². The van der Waals surface area contributed by atoms with Gasteiger partial charge in [0.15, 0.2) is 0 Å². The van der Waals surface area contributed by atoms with Gasteiger partial charge in [0.05, 0.1) is 4.47 Å². The molecule has 0 aliphatic heterocycles. The molecule has 16 heavy (non-hydrogen) atoms. The third kappa shape index (κ3) is 3.96. The van der Waals surface area contributed by atoms with Crippen LogP contribution in [0.25, 0.3) is 0 Å². The molecular formula is C11H19BrN4. The molecule has 90 valence electrons. The summed E-state index contributed by atoms with van der Waals surface area (Å²) in [5.74, 6) is 1.53. The summed E-state index contributed by atoms with van der Waals surface area (Å²) in [5, 5.41) is 6.51. The number of aromatic nitrogens is 2. The van der Waals surface area contributed by atoms with Gasteiger partial charge in [0.1, 0.15) is 5.82 Å². The van der Waals surface area contributed by atoms with Crippen molar-refractivity contribution in [2.75, 3.05) is 17.2 Å². The molecule has 1 unspecified atom stereocenters. The molecule has 0 fully saturated rings. The fraction of sp³-hybridized carbons (Fsp3) is 0.636. The first-order valence-electron chi connectivity index (χ1n) is 5.70. The first-order chi connectivity index (χ1) is 7.67. The van der Waals surface area contributed by atoms with Crippen LogP contribution in [0.3, 0.4) is 0 Å². The van der Waals surface area contributed by atoms with Gasteiger partial charge in [-0.05, 0) is 35.7 Å². The Bertz CT molecular complexity index is 330. The van der Waals surface area contributed by atoms with Crippen LogP contribution >= 0.6 is 15.9 Å². The summed E-state index contributed by atoms with van der Waals surface area (Å²) in [5.41, 5.74) is 0. The predicted molar refractivity (Wildman–Crippen MR) is 71.9 cm³/mol. The Hall–Kier alpha value is -0.840. The summed E-state index contributed by atoms with van der Waals surface area (Å²) < 4.78 is 0.898. The lowest BCUT2D eigenvalue weighted by Crippen LogP contribution is -2.16. The van der Waals surface area contributed by atoms with E-state index in [9.17, 15) is 0 Å². The van der Waals surface area contributed by atoms with E-state index < -0.39 is 0 Å². The van der Waals surface area contributed by atoms with Crippen molar-refractivity contribution >= 4 is 27.7 Å². The molecule has 1 heterocycles. The molecule has 5 heteroatoms. The van der Waals surface area contributed by atoms with Gasteiger partial charge in [0.25, 0.3) is 0 Å². The highest BCUT2D eigenvalue weighted by atomic mass is 79.9. The van der Waals surface area contributed by atoms with Gasteiger partial charge in [-0.3, -0.25) is 0 Å². The normalized spacial score (nSPS) is 12.2. The molecule has 0 aliphatic carbocycles. The van der Waals surface area contributed by atoms with Gasteiger partial charge in [-0.1, -0.05) is 13.8 Å². The molecule has 0 aromatic carbocycles. The second-order valence-electron chi connectivity index (χ2n) is 3.77. The van der Waals surface area contributed by atoms with Crippen molar-refractivity contribution in [1.29, 1.82) is 0 Å². The molecule has 0 radical (unpaired) electrons. The van der Waals surface area contributed by atoms with Crippen LogP contribution in [-0.4, -0.2) is 22.6 Å². The number of nitrogens with one attached hydrogen (secondary N) is 2. The van der Waals surface area contributed by atoms with Crippen molar-refractivity contribution in [3.63, 3.8) is 0 Å². The Kier molecular flexibility index (Phi) is 5.52. The zero-order valence-corrected chi connectivity index (χ0v) is 11.6. The van der Waals surface area contributed by atoms with Crippen LogP contribution in [0.15, 0.2) is 10.7 Å². The topological polar surface area (TPSA) is 49.8 Å². The largest absolute Gasteiger partial charge is 0.367 e. The van der Waals surface area contributed by atoms with Crippen LogP contribution in [0.4, 0.5) is 11.8 Å². The zero-order valence-electron chi connectivity index (χ0n) is 10.0. The van der Waals surface area contributed by atoms with Gasteiger partial charge in [-0.25, -0.2) is 4.98 Å². The van der Waals surface area contributed by atoms with E-state index in [0.29, 0.717) is 12.0 Å². The molecule has 0 saturated heterocycles. The van der Waals surface area contributed by atoms with Crippen molar-refractivity contribution in [1.82, 2.24) is 9.97 Å². The second kappa shape index (κ2) is 6.68. The van der Waals surface area contributed by atoms with E-state index >= 15 is 0 Å². The highest BCUT2D eigenvalue weighted by Gasteiger charge is 2.06. The van der Waals surface area contributed by atoms with E-state index in [2.05, 4.69) is 57.3 Å². The van der Waals surface area contributed by atoms with Crippen LogP contribution in [0.5, 0.6) is 0 Å². The summed E-state index contributed by atoms with van der Waals surface area (Å²) in [6.45, 7) is 7.28. The van der Waals surface area contributed by atoms with E-state index in [1.807, 2.05) is 0 Å². The van der Waals surface area contributed by atoms with Crippen LogP contribution in [-0.2, 0) is 0 Å².